The summed E-state index contributed by atoms with van der Waals surface area (Å²) in [5.41, 5.74) is -1.58. The molecule has 0 amide bonds. The van der Waals surface area contributed by atoms with Crippen LogP contribution in [0.5, 0.6) is 5.75 Å². The Morgan fingerprint density at radius 1 is 1.10 bits per heavy atom. The zero-order valence-electron chi connectivity index (χ0n) is 26.1. The Hall–Kier alpha value is -1.97. The summed E-state index contributed by atoms with van der Waals surface area (Å²) in [5.74, 6) is -1.09. The molecule has 1 aromatic rings. The van der Waals surface area contributed by atoms with Crippen molar-refractivity contribution in [1.82, 2.24) is 0 Å². The third-order valence-corrected chi connectivity index (χ3v) is 15.9. The van der Waals surface area contributed by atoms with Gasteiger partial charge in [-0.2, -0.15) is 0 Å². The summed E-state index contributed by atoms with van der Waals surface area (Å²) in [6.07, 6.45) is 1.37. The summed E-state index contributed by atoms with van der Waals surface area (Å²) < 4.78 is 26.3. The standard InChI is InChI=1S/C33H48O7Si/c1-19-11-16-25(40-41(9,10)30(2,3)4)32(7)23(19)18-33(36)27(35)24(34)17-22(31(33,5)6)26-28(32)39-29(38-26)20-12-14-21(37-8)15-13-20/h12-15,17,22-23,25-26,28-29,34,36H,1,11,16,18H2,2-10H3/t22-,23-,25+,26-,28-,29+,32+,33+/m1/s1. The van der Waals surface area contributed by atoms with Gasteiger partial charge in [0.05, 0.1) is 25.4 Å². The fourth-order valence-corrected chi connectivity index (χ4v) is 8.91. The number of methoxy groups -OCH3 is 1. The number of ketones is 1. The minimum atomic E-state index is -2.22. The van der Waals surface area contributed by atoms with Gasteiger partial charge in [0.25, 0.3) is 0 Å². The van der Waals surface area contributed by atoms with E-state index in [9.17, 15) is 15.0 Å². The molecule has 2 N–H and O–H groups in total. The van der Waals surface area contributed by atoms with Crippen molar-refractivity contribution in [3.63, 3.8) is 0 Å². The summed E-state index contributed by atoms with van der Waals surface area (Å²) in [6.45, 7) is 21.7. The largest absolute Gasteiger partial charge is 0.505 e. The van der Waals surface area contributed by atoms with E-state index in [2.05, 4.69) is 47.4 Å². The van der Waals surface area contributed by atoms with Crippen molar-refractivity contribution in [2.24, 2.45) is 22.7 Å². The summed E-state index contributed by atoms with van der Waals surface area (Å²) in [6, 6.07) is 7.63. The molecule has 1 saturated heterocycles. The molecule has 226 valence electrons. The molecular formula is C33H48O7Si. The topological polar surface area (TPSA) is 94.5 Å². The van der Waals surface area contributed by atoms with E-state index in [1.54, 1.807) is 13.2 Å². The lowest BCUT2D eigenvalue weighted by molar-refractivity contribution is -0.194. The van der Waals surface area contributed by atoms with Gasteiger partial charge in [-0.1, -0.05) is 65.8 Å². The van der Waals surface area contributed by atoms with Gasteiger partial charge in [-0.15, -0.1) is 0 Å². The van der Waals surface area contributed by atoms with Crippen molar-refractivity contribution in [3.05, 3.63) is 53.8 Å². The molecule has 1 aromatic carbocycles. The molecule has 0 unspecified atom stereocenters. The SMILES string of the molecule is C=C1CC[C@H](O[Si](C)(C)C(C)(C)C)[C@]2(C)[C@@H]1C[C@]1(O)C(=O)C(O)=C[C@H]([C@H]3O[C@H](c4ccc(OC)cc4)O[C@H]32)C1(C)C. The third-order valence-electron chi connectivity index (χ3n) is 11.5. The number of ether oxygens (including phenoxy) is 3. The highest BCUT2D eigenvalue weighted by Gasteiger charge is 2.69. The van der Waals surface area contributed by atoms with Crippen molar-refractivity contribution in [1.29, 1.82) is 0 Å². The van der Waals surface area contributed by atoms with E-state index in [-0.39, 0.29) is 23.5 Å². The lowest BCUT2D eigenvalue weighted by atomic mass is 9.48. The number of carbonyl (C=O) groups is 1. The number of rotatable bonds is 4. The second-order valence-corrected chi connectivity index (χ2v) is 19.7. The van der Waals surface area contributed by atoms with Gasteiger partial charge in [-0.05, 0) is 61.5 Å². The molecule has 7 nitrogen and oxygen atoms in total. The van der Waals surface area contributed by atoms with Crippen molar-refractivity contribution >= 4 is 14.1 Å². The molecule has 4 aliphatic rings. The van der Waals surface area contributed by atoms with E-state index in [1.165, 1.54) is 0 Å². The van der Waals surface area contributed by atoms with E-state index < -0.39 is 60.7 Å². The fourth-order valence-electron chi connectivity index (χ4n) is 7.47. The van der Waals surface area contributed by atoms with Gasteiger partial charge >= 0.3 is 0 Å². The number of carbonyl (C=O) groups excluding carboxylic acids is 1. The van der Waals surface area contributed by atoms with Gasteiger partial charge in [0.1, 0.15) is 11.4 Å². The average Bonchev–Trinajstić information content (AvgIpc) is 3.34. The molecule has 3 aliphatic carbocycles. The van der Waals surface area contributed by atoms with Crippen LogP contribution >= 0.6 is 0 Å². The zero-order chi connectivity index (χ0) is 30.3. The Morgan fingerprint density at radius 3 is 2.32 bits per heavy atom. The van der Waals surface area contributed by atoms with Gasteiger partial charge in [0.2, 0.25) is 5.78 Å². The maximum Gasteiger partial charge on any atom is 0.228 e. The van der Waals surface area contributed by atoms with Crippen LogP contribution in [0.1, 0.15) is 72.7 Å². The molecule has 0 radical (unpaired) electrons. The maximum atomic E-state index is 13.6. The lowest BCUT2D eigenvalue weighted by Gasteiger charge is -2.61. The zero-order valence-corrected chi connectivity index (χ0v) is 27.1. The van der Waals surface area contributed by atoms with Crippen LogP contribution in [0.15, 0.2) is 48.3 Å². The van der Waals surface area contributed by atoms with Crippen LogP contribution in [-0.2, 0) is 18.7 Å². The molecule has 0 aromatic heterocycles. The molecule has 0 spiro atoms. The number of hydrogen-bond acceptors (Lipinski definition) is 7. The van der Waals surface area contributed by atoms with E-state index in [1.807, 2.05) is 38.1 Å². The van der Waals surface area contributed by atoms with Crippen LogP contribution < -0.4 is 4.74 Å². The van der Waals surface area contributed by atoms with Gasteiger partial charge in [0, 0.05) is 22.3 Å². The van der Waals surface area contributed by atoms with Crippen LogP contribution in [0.4, 0.5) is 0 Å². The summed E-state index contributed by atoms with van der Waals surface area (Å²) in [7, 11) is -0.593. The number of aliphatic hydroxyl groups is 2. The first-order valence-electron chi connectivity index (χ1n) is 14.9. The molecule has 41 heavy (non-hydrogen) atoms. The van der Waals surface area contributed by atoms with Crippen LogP contribution in [-0.4, -0.2) is 55.3 Å². The first-order chi connectivity index (χ1) is 18.9. The van der Waals surface area contributed by atoms with Crippen molar-refractivity contribution in [3.8, 4) is 5.75 Å². The van der Waals surface area contributed by atoms with Crippen molar-refractivity contribution < 1.29 is 33.6 Å². The Morgan fingerprint density at radius 2 is 1.73 bits per heavy atom. The lowest BCUT2D eigenvalue weighted by Crippen LogP contribution is -2.68. The van der Waals surface area contributed by atoms with E-state index in [0.29, 0.717) is 0 Å². The monoisotopic (exact) mass is 584 g/mol. The molecular weight excluding hydrogens is 536 g/mol. The number of Topliss-reactive ketones (excluding diaryl/α,β-unsaturated/α-hetero) is 1. The van der Waals surface area contributed by atoms with Crippen LogP contribution in [0.2, 0.25) is 18.1 Å². The fraction of sp³-hybridized carbons (Fsp3) is 0.667. The van der Waals surface area contributed by atoms with Gasteiger partial charge in [0.15, 0.2) is 20.4 Å². The Balaban J connectivity index is 1.69. The van der Waals surface area contributed by atoms with Crippen LogP contribution in [0.3, 0.4) is 0 Å². The summed E-state index contributed by atoms with van der Waals surface area (Å²) in [4.78, 5) is 13.6. The normalized spacial score (nSPS) is 38.8. The number of aliphatic hydroxyl groups excluding tert-OH is 1. The average molecular weight is 585 g/mol. The van der Waals surface area contributed by atoms with Crippen molar-refractivity contribution in [2.75, 3.05) is 7.11 Å². The van der Waals surface area contributed by atoms with E-state index in [0.717, 1.165) is 29.7 Å². The minimum absolute atomic E-state index is 0.00576. The number of fused-ring (bicyclic) bond motifs is 6. The Bertz CT molecular complexity index is 1250. The molecule has 8 heteroatoms. The molecule has 8 atom stereocenters. The van der Waals surface area contributed by atoms with Gasteiger partial charge < -0.3 is 28.8 Å². The first-order valence-corrected chi connectivity index (χ1v) is 17.8. The number of benzene rings is 1. The predicted octanol–water partition coefficient (Wildman–Crippen LogP) is 6.64. The minimum Gasteiger partial charge on any atom is -0.505 e. The summed E-state index contributed by atoms with van der Waals surface area (Å²) >= 11 is 0. The number of hydrogen-bond donors (Lipinski definition) is 2. The van der Waals surface area contributed by atoms with Crippen LogP contribution in [0, 0.1) is 22.7 Å². The second-order valence-electron chi connectivity index (χ2n) is 14.9. The number of allylic oxidation sites excluding steroid dienone is 1. The van der Waals surface area contributed by atoms with E-state index in [4.69, 9.17) is 18.6 Å². The summed E-state index contributed by atoms with van der Waals surface area (Å²) in [5, 5.41) is 23.2. The molecule has 3 fully saturated rings. The highest BCUT2D eigenvalue weighted by Crippen LogP contribution is 2.63. The van der Waals surface area contributed by atoms with Gasteiger partial charge in [-0.25, -0.2) is 0 Å². The second kappa shape index (κ2) is 9.78. The highest BCUT2D eigenvalue weighted by molar-refractivity contribution is 6.74. The highest BCUT2D eigenvalue weighted by atomic mass is 28.4. The maximum absolute atomic E-state index is 13.6. The first kappa shape index (κ1) is 30.5. The van der Waals surface area contributed by atoms with E-state index >= 15 is 0 Å². The molecule has 5 rings (SSSR count). The molecule has 1 aliphatic heterocycles. The quantitative estimate of drug-likeness (QED) is 0.303. The third kappa shape index (κ3) is 4.47. The molecule has 1 heterocycles. The Labute approximate surface area is 246 Å². The Kier molecular flexibility index (Phi) is 7.27. The smallest absolute Gasteiger partial charge is 0.228 e. The van der Waals surface area contributed by atoms with Crippen molar-refractivity contribution in [2.45, 2.75) is 109 Å². The van der Waals surface area contributed by atoms with Gasteiger partial charge in [-0.3, -0.25) is 4.79 Å². The molecule has 2 bridgehead atoms. The van der Waals surface area contributed by atoms with Crippen LogP contribution in [0.25, 0.3) is 0 Å². The predicted molar refractivity (Wildman–Crippen MR) is 160 cm³/mol. The molecule has 2 saturated carbocycles.